The number of carbonyl (C=O) groups excluding carboxylic acids is 1. The summed E-state index contributed by atoms with van der Waals surface area (Å²) in [6, 6.07) is 4.05. The average molecular weight is 276 g/mol. The van der Waals surface area contributed by atoms with Gasteiger partial charge in [-0.3, -0.25) is 4.79 Å². The summed E-state index contributed by atoms with van der Waals surface area (Å²) in [5.74, 6) is 1.55. The van der Waals surface area contributed by atoms with Crippen LogP contribution in [0.3, 0.4) is 0 Å². The number of amides is 1. The van der Waals surface area contributed by atoms with Crippen LogP contribution in [-0.2, 0) is 0 Å². The Labute approximate surface area is 120 Å². The van der Waals surface area contributed by atoms with Crippen LogP contribution in [0.15, 0.2) is 18.3 Å². The van der Waals surface area contributed by atoms with Crippen molar-refractivity contribution in [2.75, 3.05) is 32.1 Å². The fraction of sp³-hybridized carbons (Fsp3) is 0.600. The third-order valence-electron chi connectivity index (χ3n) is 4.01. The normalized spacial score (nSPS) is 17.9. The van der Waals surface area contributed by atoms with Crippen LogP contribution < -0.4 is 10.6 Å². The third-order valence-corrected chi connectivity index (χ3v) is 4.01. The summed E-state index contributed by atoms with van der Waals surface area (Å²) >= 11 is 0. The average Bonchev–Trinajstić information content (AvgIpc) is 2.46. The molecule has 20 heavy (non-hydrogen) atoms. The molecule has 1 aromatic heterocycles. The van der Waals surface area contributed by atoms with Crippen molar-refractivity contribution in [3.63, 3.8) is 0 Å². The van der Waals surface area contributed by atoms with E-state index in [1.807, 2.05) is 12.1 Å². The van der Waals surface area contributed by atoms with Gasteiger partial charge in [-0.05, 0) is 37.8 Å². The SMILES string of the molecule is CC(N)C1CCN(c2ccc(C(=O)N(C)C)cn2)CC1. The Kier molecular flexibility index (Phi) is 4.60. The van der Waals surface area contributed by atoms with Crippen molar-refractivity contribution < 1.29 is 4.79 Å². The van der Waals surface area contributed by atoms with Crippen molar-refractivity contribution in [3.8, 4) is 0 Å². The molecule has 110 valence electrons. The standard InChI is InChI=1S/C15H24N4O/c1-11(16)12-6-8-19(9-7-12)14-5-4-13(10-17-14)15(20)18(2)3/h4-5,10-12H,6-9,16H2,1-3H3. The minimum absolute atomic E-state index is 0.0142. The van der Waals surface area contributed by atoms with Crippen LogP contribution in [0.25, 0.3) is 0 Å². The highest BCUT2D eigenvalue weighted by molar-refractivity contribution is 5.93. The van der Waals surface area contributed by atoms with E-state index < -0.39 is 0 Å². The first-order valence-electron chi connectivity index (χ1n) is 7.17. The maximum Gasteiger partial charge on any atom is 0.254 e. The Morgan fingerprint density at radius 3 is 2.50 bits per heavy atom. The molecule has 1 aliphatic rings. The zero-order valence-electron chi connectivity index (χ0n) is 12.5. The first-order valence-corrected chi connectivity index (χ1v) is 7.17. The molecule has 1 unspecified atom stereocenters. The first kappa shape index (κ1) is 14.8. The molecule has 2 N–H and O–H groups in total. The molecule has 5 heteroatoms. The fourth-order valence-electron chi connectivity index (χ4n) is 2.61. The summed E-state index contributed by atoms with van der Waals surface area (Å²) < 4.78 is 0. The summed E-state index contributed by atoms with van der Waals surface area (Å²) in [4.78, 5) is 20.1. The Morgan fingerprint density at radius 2 is 2.05 bits per heavy atom. The van der Waals surface area contributed by atoms with Crippen LogP contribution >= 0.6 is 0 Å². The predicted octanol–water partition coefficient (Wildman–Crippen LogP) is 1.35. The van der Waals surface area contributed by atoms with Crippen molar-refractivity contribution in [3.05, 3.63) is 23.9 Å². The number of aromatic nitrogens is 1. The van der Waals surface area contributed by atoms with Gasteiger partial charge in [-0.2, -0.15) is 0 Å². The van der Waals surface area contributed by atoms with Gasteiger partial charge in [0, 0.05) is 39.4 Å². The Morgan fingerprint density at radius 1 is 1.40 bits per heavy atom. The van der Waals surface area contributed by atoms with E-state index in [0.29, 0.717) is 11.5 Å². The second kappa shape index (κ2) is 6.22. The number of rotatable bonds is 3. The lowest BCUT2D eigenvalue weighted by Crippen LogP contribution is -2.40. The van der Waals surface area contributed by atoms with Crippen molar-refractivity contribution in [2.45, 2.75) is 25.8 Å². The number of hydrogen-bond acceptors (Lipinski definition) is 4. The number of anilines is 1. The van der Waals surface area contributed by atoms with Crippen LogP contribution in [0, 0.1) is 5.92 Å². The third kappa shape index (κ3) is 3.28. The first-order chi connectivity index (χ1) is 9.49. The smallest absolute Gasteiger partial charge is 0.254 e. The summed E-state index contributed by atoms with van der Waals surface area (Å²) in [5.41, 5.74) is 6.59. The summed E-state index contributed by atoms with van der Waals surface area (Å²) in [5, 5.41) is 0. The molecule has 0 spiro atoms. The Bertz CT molecular complexity index is 447. The monoisotopic (exact) mass is 276 g/mol. The van der Waals surface area contributed by atoms with Gasteiger partial charge in [0.2, 0.25) is 0 Å². The lowest BCUT2D eigenvalue weighted by atomic mass is 9.91. The van der Waals surface area contributed by atoms with Gasteiger partial charge in [-0.1, -0.05) is 0 Å². The lowest BCUT2D eigenvalue weighted by Gasteiger charge is -2.34. The van der Waals surface area contributed by atoms with E-state index >= 15 is 0 Å². The molecule has 0 aromatic carbocycles. The molecule has 2 heterocycles. The number of hydrogen-bond donors (Lipinski definition) is 1. The van der Waals surface area contributed by atoms with Gasteiger partial charge < -0.3 is 15.5 Å². The zero-order valence-corrected chi connectivity index (χ0v) is 12.5. The van der Waals surface area contributed by atoms with Crippen molar-refractivity contribution in [1.82, 2.24) is 9.88 Å². The molecule has 0 aliphatic carbocycles. The van der Waals surface area contributed by atoms with Crippen molar-refractivity contribution in [1.29, 1.82) is 0 Å². The topological polar surface area (TPSA) is 62.5 Å². The number of nitrogens with zero attached hydrogens (tertiary/aromatic N) is 3. The molecule has 1 fully saturated rings. The highest BCUT2D eigenvalue weighted by atomic mass is 16.2. The minimum Gasteiger partial charge on any atom is -0.357 e. The summed E-state index contributed by atoms with van der Waals surface area (Å²) in [6.45, 7) is 4.06. The van der Waals surface area contributed by atoms with Crippen molar-refractivity contribution >= 4 is 11.7 Å². The summed E-state index contributed by atoms with van der Waals surface area (Å²) in [7, 11) is 3.49. The highest BCUT2D eigenvalue weighted by Gasteiger charge is 2.22. The number of nitrogens with two attached hydrogens (primary N) is 1. The van der Waals surface area contributed by atoms with Gasteiger partial charge in [-0.25, -0.2) is 4.98 Å². The van der Waals surface area contributed by atoms with Crippen LogP contribution in [0.4, 0.5) is 5.82 Å². The van der Waals surface area contributed by atoms with Crippen molar-refractivity contribution in [2.24, 2.45) is 11.7 Å². The molecule has 0 radical (unpaired) electrons. The van der Waals surface area contributed by atoms with Gasteiger partial charge in [0.05, 0.1) is 5.56 Å². The molecule has 1 atom stereocenters. The van der Waals surface area contributed by atoms with Crippen LogP contribution in [0.1, 0.15) is 30.1 Å². The lowest BCUT2D eigenvalue weighted by molar-refractivity contribution is 0.0827. The predicted molar refractivity (Wildman–Crippen MR) is 80.8 cm³/mol. The number of piperidine rings is 1. The largest absolute Gasteiger partial charge is 0.357 e. The van der Waals surface area contributed by atoms with Gasteiger partial charge in [-0.15, -0.1) is 0 Å². The Hall–Kier alpha value is -1.62. The van der Waals surface area contributed by atoms with E-state index in [1.165, 1.54) is 0 Å². The maximum atomic E-state index is 11.8. The molecule has 2 rings (SSSR count). The molecule has 5 nitrogen and oxygen atoms in total. The van der Waals surface area contributed by atoms with E-state index in [1.54, 1.807) is 25.2 Å². The van der Waals surface area contributed by atoms with Crippen LogP contribution in [0.5, 0.6) is 0 Å². The minimum atomic E-state index is -0.0142. The zero-order chi connectivity index (χ0) is 14.7. The second-order valence-corrected chi connectivity index (χ2v) is 5.79. The molecule has 1 saturated heterocycles. The molecule has 1 aromatic rings. The molecule has 0 bridgehead atoms. The van der Waals surface area contributed by atoms with Gasteiger partial charge in [0.25, 0.3) is 5.91 Å². The second-order valence-electron chi connectivity index (χ2n) is 5.79. The van der Waals surface area contributed by atoms with Crippen LogP contribution in [0.2, 0.25) is 0 Å². The fourth-order valence-corrected chi connectivity index (χ4v) is 2.61. The molecule has 0 saturated carbocycles. The number of carbonyl (C=O) groups is 1. The number of pyridine rings is 1. The van der Waals surface area contributed by atoms with E-state index in [9.17, 15) is 4.79 Å². The van der Waals surface area contributed by atoms with E-state index in [-0.39, 0.29) is 11.9 Å². The van der Waals surface area contributed by atoms with Gasteiger partial charge in [0.15, 0.2) is 0 Å². The Balaban J connectivity index is 1.99. The molecule has 1 aliphatic heterocycles. The van der Waals surface area contributed by atoms with E-state index in [2.05, 4.69) is 16.8 Å². The van der Waals surface area contributed by atoms with E-state index in [4.69, 9.17) is 5.73 Å². The van der Waals surface area contributed by atoms with E-state index in [0.717, 1.165) is 31.7 Å². The quantitative estimate of drug-likeness (QED) is 0.905. The van der Waals surface area contributed by atoms with Crippen LogP contribution in [-0.4, -0.2) is 49.0 Å². The van der Waals surface area contributed by atoms with Gasteiger partial charge >= 0.3 is 0 Å². The molecular weight excluding hydrogens is 252 g/mol. The molecular formula is C15H24N4O. The highest BCUT2D eigenvalue weighted by Crippen LogP contribution is 2.23. The maximum absolute atomic E-state index is 11.8. The molecule has 1 amide bonds. The summed E-state index contributed by atoms with van der Waals surface area (Å²) in [6.07, 6.45) is 3.88. The van der Waals surface area contributed by atoms with Gasteiger partial charge in [0.1, 0.15) is 5.82 Å².